The Kier molecular flexibility index (Phi) is 8.69. The van der Waals surface area contributed by atoms with Crippen molar-refractivity contribution in [3.05, 3.63) is 72.4 Å². The summed E-state index contributed by atoms with van der Waals surface area (Å²) in [7, 11) is 0. The topological polar surface area (TPSA) is 86.1 Å². The number of benzene rings is 1. The second kappa shape index (κ2) is 12.4. The number of ether oxygens (including phenoxy) is 2. The molecule has 3 aromatic heterocycles. The van der Waals surface area contributed by atoms with E-state index in [1.165, 1.54) is 11.9 Å². The van der Waals surface area contributed by atoms with E-state index in [0.717, 1.165) is 48.7 Å². The maximum atomic E-state index is 13.3. The van der Waals surface area contributed by atoms with Crippen LogP contribution >= 0.6 is 11.9 Å². The molecule has 0 radical (unpaired) electrons. The molecule has 1 aromatic carbocycles. The van der Waals surface area contributed by atoms with Gasteiger partial charge in [-0.05, 0) is 56.5 Å². The number of nitrogens with zero attached hydrogens (tertiary/aromatic N) is 4. The van der Waals surface area contributed by atoms with Crippen molar-refractivity contribution >= 4 is 23.6 Å². The zero-order valence-corrected chi connectivity index (χ0v) is 23.6. The van der Waals surface area contributed by atoms with E-state index in [-0.39, 0.29) is 5.88 Å². The molecule has 4 heterocycles. The van der Waals surface area contributed by atoms with Crippen molar-refractivity contribution < 1.29 is 22.6 Å². The zero-order valence-electron chi connectivity index (χ0n) is 22.7. The van der Waals surface area contributed by atoms with E-state index in [1.807, 2.05) is 48.5 Å². The predicted octanol–water partition coefficient (Wildman–Crippen LogP) is 6.79. The van der Waals surface area contributed by atoms with E-state index in [2.05, 4.69) is 26.2 Å². The van der Waals surface area contributed by atoms with Crippen LogP contribution in [0.15, 0.2) is 71.9 Å². The Morgan fingerprint density at radius 3 is 2.68 bits per heavy atom. The minimum Gasteiger partial charge on any atom is -0.476 e. The van der Waals surface area contributed by atoms with Crippen LogP contribution in [0.2, 0.25) is 0 Å². The van der Waals surface area contributed by atoms with Gasteiger partial charge in [0.05, 0.1) is 23.4 Å². The van der Waals surface area contributed by atoms with Gasteiger partial charge in [-0.1, -0.05) is 30.3 Å². The highest BCUT2D eigenvalue weighted by atomic mass is 32.2. The molecule has 0 unspecified atom stereocenters. The highest BCUT2D eigenvalue weighted by Gasteiger charge is 2.48. The number of pyridine rings is 2. The van der Waals surface area contributed by atoms with Crippen molar-refractivity contribution in [2.24, 2.45) is 5.41 Å². The average Bonchev–Trinajstić information content (AvgIpc) is 3.43. The summed E-state index contributed by atoms with van der Waals surface area (Å²) >= 11 is 1.34. The van der Waals surface area contributed by atoms with Crippen molar-refractivity contribution in [2.75, 3.05) is 36.4 Å². The van der Waals surface area contributed by atoms with E-state index in [1.54, 1.807) is 16.9 Å². The van der Waals surface area contributed by atoms with Crippen LogP contribution in [0.5, 0.6) is 5.88 Å². The average molecular weight is 585 g/mol. The summed E-state index contributed by atoms with van der Waals surface area (Å²) in [5, 5.41) is 8.48. The molecule has 4 bridgehead atoms. The second-order valence-electron chi connectivity index (χ2n) is 10.2. The van der Waals surface area contributed by atoms with Crippen molar-refractivity contribution in [3.63, 3.8) is 0 Å². The minimum absolute atomic E-state index is 0.0987. The van der Waals surface area contributed by atoms with E-state index < -0.39 is 18.2 Å². The van der Waals surface area contributed by atoms with Crippen LogP contribution in [0.4, 0.5) is 24.8 Å². The minimum atomic E-state index is -4.40. The molecule has 0 fully saturated rings. The highest BCUT2D eigenvalue weighted by molar-refractivity contribution is 8.00. The van der Waals surface area contributed by atoms with Gasteiger partial charge in [-0.2, -0.15) is 13.2 Å². The van der Waals surface area contributed by atoms with Crippen LogP contribution in [0.1, 0.15) is 25.8 Å². The van der Waals surface area contributed by atoms with Crippen molar-refractivity contribution in [3.8, 4) is 22.8 Å². The molecule has 2 N–H and O–H groups in total. The summed E-state index contributed by atoms with van der Waals surface area (Å²) in [4.78, 5) is 9.57. The van der Waals surface area contributed by atoms with Crippen molar-refractivity contribution in [2.45, 2.75) is 37.9 Å². The van der Waals surface area contributed by atoms with Gasteiger partial charge in [0, 0.05) is 42.9 Å². The first-order chi connectivity index (χ1) is 19.7. The van der Waals surface area contributed by atoms with Crippen LogP contribution in [-0.2, 0) is 11.2 Å². The van der Waals surface area contributed by atoms with Gasteiger partial charge < -0.3 is 19.5 Å². The first-order valence-corrected chi connectivity index (χ1v) is 14.1. The molecule has 8 nitrogen and oxygen atoms in total. The van der Waals surface area contributed by atoms with E-state index in [9.17, 15) is 13.2 Å². The molecule has 4 aromatic rings. The summed E-state index contributed by atoms with van der Waals surface area (Å²) < 4.78 is 56.1. The number of hydrogen-bond acceptors (Lipinski definition) is 8. The van der Waals surface area contributed by atoms with Crippen LogP contribution in [0, 0.1) is 5.41 Å². The van der Waals surface area contributed by atoms with Crippen LogP contribution in [0.25, 0.3) is 16.9 Å². The molecular weight excluding hydrogens is 553 g/mol. The fraction of sp³-hybridized carbons (Fsp3) is 0.345. The maximum Gasteiger partial charge on any atom is 0.397 e. The number of rotatable bonds is 4. The molecular formula is C29H31F3N6O2S. The quantitative estimate of drug-likeness (QED) is 0.254. The largest absolute Gasteiger partial charge is 0.476 e. The third-order valence-corrected chi connectivity index (χ3v) is 7.32. The van der Waals surface area contributed by atoms with Gasteiger partial charge in [0.1, 0.15) is 23.3 Å². The van der Waals surface area contributed by atoms with Crippen molar-refractivity contribution in [1.82, 2.24) is 19.7 Å². The third kappa shape index (κ3) is 7.12. The zero-order chi connectivity index (χ0) is 28.9. The number of aromatic nitrogens is 4. The van der Waals surface area contributed by atoms with Gasteiger partial charge in [-0.3, -0.25) is 0 Å². The monoisotopic (exact) mass is 584 g/mol. The van der Waals surface area contributed by atoms with Gasteiger partial charge in [-0.15, -0.1) is 5.10 Å². The molecule has 0 spiro atoms. The van der Waals surface area contributed by atoms with Crippen LogP contribution in [-0.4, -0.2) is 52.3 Å². The van der Waals surface area contributed by atoms with Gasteiger partial charge in [-0.25, -0.2) is 14.6 Å². The third-order valence-electron chi connectivity index (χ3n) is 6.58. The lowest BCUT2D eigenvalue weighted by atomic mass is 9.94. The maximum absolute atomic E-state index is 13.3. The Bertz CT molecular complexity index is 1480. The SMILES string of the molecule is CC(C)(COc1ccn(-c2ccc3nc2-c2ccccc2CCCOCCNc2cccc(n2)SN3)n1)C(F)(F)F. The number of aryl methyl sites for hydroxylation is 1. The molecule has 41 heavy (non-hydrogen) atoms. The number of nitrogens with one attached hydrogen (secondary N) is 2. The Hall–Kier alpha value is -3.77. The van der Waals surface area contributed by atoms with Gasteiger partial charge >= 0.3 is 6.18 Å². The van der Waals surface area contributed by atoms with Crippen LogP contribution in [0.3, 0.4) is 0 Å². The Balaban J connectivity index is 1.48. The second-order valence-corrected chi connectivity index (χ2v) is 11.0. The fourth-order valence-corrected chi connectivity index (χ4v) is 4.72. The van der Waals surface area contributed by atoms with Gasteiger partial charge in [0.15, 0.2) is 0 Å². The molecule has 12 heteroatoms. The van der Waals surface area contributed by atoms with E-state index >= 15 is 0 Å². The number of halogens is 3. The smallest absolute Gasteiger partial charge is 0.397 e. The number of hydrogen-bond donors (Lipinski definition) is 2. The molecule has 0 saturated heterocycles. The van der Waals surface area contributed by atoms with Crippen LogP contribution < -0.4 is 14.8 Å². The molecule has 0 aliphatic carbocycles. The summed E-state index contributed by atoms with van der Waals surface area (Å²) in [6, 6.07) is 19.0. The number of anilines is 2. The lowest BCUT2D eigenvalue weighted by molar-refractivity contribution is -0.219. The Labute approximate surface area is 240 Å². The first kappa shape index (κ1) is 28.7. The Morgan fingerprint density at radius 1 is 0.976 bits per heavy atom. The molecule has 0 atom stereocenters. The summed E-state index contributed by atoms with van der Waals surface area (Å²) in [6.07, 6.45) is -1.14. The molecule has 1 aliphatic rings. The predicted molar refractivity (Wildman–Crippen MR) is 153 cm³/mol. The normalized spacial score (nSPS) is 14.8. The van der Waals surface area contributed by atoms with E-state index in [0.29, 0.717) is 37.0 Å². The van der Waals surface area contributed by atoms with E-state index in [4.69, 9.17) is 14.5 Å². The summed E-state index contributed by atoms with van der Waals surface area (Å²) in [5.74, 6) is 1.48. The fourth-order valence-electron chi connectivity index (χ4n) is 4.11. The molecule has 216 valence electrons. The highest BCUT2D eigenvalue weighted by Crippen LogP contribution is 2.38. The molecule has 0 saturated carbocycles. The Morgan fingerprint density at radius 2 is 1.83 bits per heavy atom. The number of fused-ring (bicyclic) bond motifs is 6. The molecule has 1 aliphatic heterocycles. The van der Waals surface area contributed by atoms with Gasteiger partial charge in [0.25, 0.3) is 0 Å². The molecule has 5 rings (SSSR count). The standard InChI is InChI=1S/C29H31F3N6O2S/c1-28(2,29(30,31)32)19-40-25-14-16-38(36-25)22-12-13-24-35-27(22)21-9-4-3-7-20(21)8-6-17-39-18-15-33-23-10-5-11-26(34-23)41-37-24/h3-5,7,9-14,16H,6,8,15,17-19H2,1-2H3,(H,33,34)(H,35,37). The lowest BCUT2D eigenvalue weighted by Gasteiger charge is -2.26. The number of alkyl halides is 3. The molecule has 0 amide bonds. The van der Waals surface area contributed by atoms with Gasteiger partial charge in [0.2, 0.25) is 5.88 Å². The van der Waals surface area contributed by atoms with Crippen molar-refractivity contribution in [1.29, 1.82) is 0 Å². The first-order valence-electron chi connectivity index (χ1n) is 13.3. The lowest BCUT2D eigenvalue weighted by Crippen LogP contribution is -2.37. The summed E-state index contributed by atoms with van der Waals surface area (Å²) in [6.45, 7) is 3.48. The summed E-state index contributed by atoms with van der Waals surface area (Å²) in [5.41, 5.74) is 1.35.